The molecule has 0 saturated carbocycles. The minimum absolute atomic E-state index is 0.0643. The second-order valence-corrected chi connectivity index (χ2v) is 19.6. The summed E-state index contributed by atoms with van der Waals surface area (Å²) in [6.45, 7) is 11.4. The molecule has 0 aromatic heterocycles. The summed E-state index contributed by atoms with van der Waals surface area (Å²) < 4.78 is 16.8. The first-order valence-corrected chi connectivity index (χ1v) is 27.3. The Balaban J connectivity index is 4.23. The highest BCUT2D eigenvalue weighted by molar-refractivity contribution is 5.71. The highest BCUT2D eigenvalue weighted by Gasteiger charge is 2.19. The van der Waals surface area contributed by atoms with E-state index in [0.717, 1.165) is 69.6 Å². The van der Waals surface area contributed by atoms with Crippen molar-refractivity contribution in [3.63, 3.8) is 0 Å². The van der Waals surface area contributed by atoms with Crippen molar-refractivity contribution in [2.45, 2.75) is 310 Å². The Kier molecular flexibility index (Phi) is 46.6. The van der Waals surface area contributed by atoms with Gasteiger partial charge in [-0.05, 0) is 31.1 Å². The second-order valence-electron chi connectivity index (χ2n) is 19.6. The molecule has 362 valence electrons. The van der Waals surface area contributed by atoms with Crippen LogP contribution in [0.15, 0.2) is 0 Å². The van der Waals surface area contributed by atoms with E-state index in [4.69, 9.17) is 14.2 Å². The van der Waals surface area contributed by atoms with Crippen LogP contribution >= 0.6 is 0 Å². The number of ether oxygens (including phenoxy) is 3. The number of rotatable bonds is 49. The van der Waals surface area contributed by atoms with Crippen LogP contribution in [0.1, 0.15) is 304 Å². The smallest absolute Gasteiger partial charge is 0.306 e. The molecule has 0 saturated heterocycles. The molecule has 0 fully saturated rings. The predicted molar refractivity (Wildman–Crippen MR) is 261 cm³/mol. The molecule has 0 radical (unpaired) electrons. The van der Waals surface area contributed by atoms with Gasteiger partial charge in [0.1, 0.15) is 13.2 Å². The van der Waals surface area contributed by atoms with Crippen LogP contribution in [-0.4, -0.2) is 37.2 Å². The molecule has 0 aromatic carbocycles. The van der Waals surface area contributed by atoms with E-state index in [1.165, 1.54) is 193 Å². The molecule has 6 heteroatoms. The van der Waals surface area contributed by atoms with Crippen molar-refractivity contribution in [3.8, 4) is 0 Å². The molecule has 6 nitrogen and oxygen atoms in total. The van der Waals surface area contributed by atoms with Crippen molar-refractivity contribution >= 4 is 17.9 Å². The lowest BCUT2D eigenvalue weighted by Crippen LogP contribution is -2.30. The Morgan fingerprint density at radius 3 is 0.934 bits per heavy atom. The Labute approximate surface area is 380 Å². The molecule has 0 aliphatic rings. The van der Waals surface area contributed by atoms with Crippen molar-refractivity contribution in [2.75, 3.05) is 13.2 Å². The van der Waals surface area contributed by atoms with Gasteiger partial charge in [0, 0.05) is 19.3 Å². The summed E-state index contributed by atoms with van der Waals surface area (Å²) in [5.74, 6) is 0.798. The summed E-state index contributed by atoms with van der Waals surface area (Å²) in [4.78, 5) is 38.0. The lowest BCUT2D eigenvalue weighted by atomic mass is 9.99. The molecule has 2 atom stereocenters. The van der Waals surface area contributed by atoms with Crippen molar-refractivity contribution in [3.05, 3.63) is 0 Å². The van der Waals surface area contributed by atoms with Gasteiger partial charge in [-0.15, -0.1) is 0 Å². The second kappa shape index (κ2) is 47.9. The molecule has 0 rings (SSSR count). The van der Waals surface area contributed by atoms with Crippen molar-refractivity contribution in [2.24, 2.45) is 11.8 Å². The number of carbonyl (C=O) groups is 3. The Bertz CT molecular complexity index is 933. The lowest BCUT2D eigenvalue weighted by molar-refractivity contribution is -0.167. The molecular formula is C55H106O6. The maximum Gasteiger partial charge on any atom is 0.306 e. The Morgan fingerprint density at radius 1 is 0.344 bits per heavy atom. The number of unbranched alkanes of at least 4 members (excludes halogenated alkanes) is 33. The maximum atomic E-state index is 12.8. The van der Waals surface area contributed by atoms with Gasteiger partial charge in [0.15, 0.2) is 6.10 Å². The number of carbonyl (C=O) groups excluding carboxylic acids is 3. The van der Waals surface area contributed by atoms with Gasteiger partial charge in [-0.2, -0.15) is 0 Å². The molecule has 0 spiro atoms. The first-order valence-electron chi connectivity index (χ1n) is 27.3. The van der Waals surface area contributed by atoms with E-state index in [9.17, 15) is 14.4 Å². The van der Waals surface area contributed by atoms with Gasteiger partial charge in [-0.1, -0.05) is 266 Å². The minimum atomic E-state index is -0.762. The Morgan fingerprint density at radius 2 is 0.623 bits per heavy atom. The van der Waals surface area contributed by atoms with E-state index in [1.54, 1.807) is 0 Å². The fourth-order valence-electron chi connectivity index (χ4n) is 8.31. The van der Waals surface area contributed by atoms with Crippen LogP contribution < -0.4 is 0 Å². The summed E-state index contributed by atoms with van der Waals surface area (Å²) >= 11 is 0. The van der Waals surface area contributed by atoms with Crippen LogP contribution in [0.5, 0.6) is 0 Å². The highest BCUT2D eigenvalue weighted by Crippen LogP contribution is 2.18. The number of esters is 3. The van der Waals surface area contributed by atoms with E-state index in [-0.39, 0.29) is 31.1 Å². The van der Waals surface area contributed by atoms with E-state index in [1.807, 2.05) is 0 Å². The van der Waals surface area contributed by atoms with Gasteiger partial charge in [-0.3, -0.25) is 14.4 Å². The van der Waals surface area contributed by atoms with Gasteiger partial charge in [0.05, 0.1) is 0 Å². The largest absolute Gasteiger partial charge is 0.462 e. The zero-order valence-electron chi connectivity index (χ0n) is 41.8. The molecule has 0 bridgehead atoms. The van der Waals surface area contributed by atoms with E-state index in [0.29, 0.717) is 19.3 Å². The van der Waals surface area contributed by atoms with Crippen LogP contribution in [-0.2, 0) is 28.6 Å². The van der Waals surface area contributed by atoms with Crippen molar-refractivity contribution < 1.29 is 28.6 Å². The zero-order chi connectivity index (χ0) is 44.7. The fourth-order valence-corrected chi connectivity index (χ4v) is 8.31. The SMILES string of the molecule is CCCCCCCCCCCCCCCCCCCCCC(=O)OC[C@H](COC(=O)CCCCCCCCCCCCC(C)CC)OC(=O)CCCCCCCCCC(C)C. The maximum absolute atomic E-state index is 12.8. The first-order chi connectivity index (χ1) is 29.8. The molecule has 0 N–H and O–H groups in total. The quantitative estimate of drug-likeness (QED) is 0.0344. The van der Waals surface area contributed by atoms with Crippen LogP contribution in [0, 0.1) is 11.8 Å². The number of hydrogen-bond acceptors (Lipinski definition) is 6. The summed E-state index contributed by atoms with van der Waals surface area (Å²) in [5.41, 5.74) is 0. The van der Waals surface area contributed by atoms with E-state index >= 15 is 0 Å². The van der Waals surface area contributed by atoms with Crippen molar-refractivity contribution in [1.29, 1.82) is 0 Å². The first kappa shape index (κ1) is 59.4. The van der Waals surface area contributed by atoms with E-state index < -0.39 is 6.10 Å². The van der Waals surface area contributed by atoms with Gasteiger partial charge < -0.3 is 14.2 Å². The summed E-state index contributed by atoms with van der Waals surface area (Å²) in [7, 11) is 0. The minimum Gasteiger partial charge on any atom is -0.462 e. The zero-order valence-corrected chi connectivity index (χ0v) is 41.8. The molecular weight excluding hydrogens is 757 g/mol. The molecule has 0 amide bonds. The number of hydrogen-bond donors (Lipinski definition) is 0. The van der Waals surface area contributed by atoms with Gasteiger partial charge >= 0.3 is 17.9 Å². The van der Waals surface area contributed by atoms with Crippen LogP contribution in [0.2, 0.25) is 0 Å². The third-order valence-electron chi connectivity index (χ3n) is 12.8. The average molecular weight is 863 g/mol. The molecule has 0 heterocycles. The highest BCUT2D eigenvalue weighted by atomic mass is 16.6. The lowest BCUT2D eigenvalue weighted by Gasteiger charge is -2.18. The molecule has 0 aliphatic heterocycles. The monoisotopic (exact) mass is 863 g/mol. The molecule has 0 aromatic rings. The predicted octanol–water partition coefficient (Wildman–Crippen LogP) is 17.7. The third kappa shape index (κ3) is 47.7. The Hall–Kier alpha value is -1.59. The topological polar surface area (TPSA) is 78.9 Å². The molecule has 1 unspecified atom stereocenters. The van der Waals surface area contributed by atoms with Crippen LogP contribution in [0.4, 0.5) is 0 Å². The van der Waals surface area contributed by atoms with Crippen LogP contribution in [0.25, 0.3) is 0 Å². The van der Waals surface area contributed by atoms with E-state index in [2.05, 4.69) is 34.6 Å². The third-order valence-corrected chi connectivity index (χ3v) is 12.8. The van der Waals surface area contributed by atoms with Crippen LogP contribution in [0.3, 0.4) is 0 Å². The normalized spacial score (nSPS) is 12.5. The summed E-state index contributed by atoms with van der Waals surface area (Å²) in [6, 6.07) is 0. The van der Waals surface area contributed by atoms with Gasteiger partial charge in [0.2, 0.25) is 0 Å². The van der Waals surface area contributed by atoms with Crippen molar-refractivity contribution in [1.82, 2.24) is 0 Å². The van der Waals surface area contributed by atoms with Gasteiger partial charge in [0.25, 0.3) is 0 Å². The fraction of sp³-hybridized carbons (Fsp3) is 0.945. The summed E-state index contributed by atoms with van der Waals surface area (Å²) in [6.07, 6.45) is 49.6. The standard InChI is InChI=1S/C55H106O6/c1-6-8-9-10-11-12-13-14-15-16-17-18-19-20-21-25-30-35-40-45-53(56)59-48-52(61-55(58)47-42-37-32-27-28-33-38-43-50(3)4)49-60-54(57)46-41-36-31-26-23-22-24-29-34-39-44-51(5)7-2/h50-52H,6-49H2,1-5H3/t51?,52-/m1/s1. The average Bonchev–Trinajstić information content (AvgIpc) is 3.24. The van der Waals surface area contributed by atoms with Gasteiger partial charge in [-0.25, -0.2) is 0 Å². The summed E-state index contributed by atoms with van der Waals surface area (Å²) in [5, 5.41) is 0. The molecule has 0 aliphatic carbocycles. The molecule has 61 heavy (non-hydrogen) atoms.